The fourth-order valence-corrected chi connectivity index (χ4v) is 5.23. The van der Waals surface area contributed by atoms with Gasteiger partial charge in [-0.15, -0.1) is 10.2 Å². The number of carbonyl (C=O) groups is 1. The number of benzene rings is 2. The van der Waals surface area contributed by atoms with Gasteiger partial charge in [-0.1, -0.05) is 88.9 Å². The third kappa shape index (κ3) is 6.12. The van der Waals surface area contributed by atoms with E-state index in [0.29, 0.717) is 6.04 Å². The Bertz CT molecular complexity index is 1140. The number of amides is 1. The van der Waals surface area contributed by atoms with Crippen molar-refractivity contribution in [2.24, 2.45) is 5.10 Å². The van der Waals surface area contributed by atoms with Gasteiger partial charge in [-0.2, -0.15) is 5.10 Å². The van der Waals surface area contributed by atoms with Crippen molar-refractivity contribution in [3.63, 3.8) is 0 Å². The summed E-state index contributed by atoms with van der Waals surface area (Å²) in [6.45, 7) is 3.96. The molecule has 1 aliphatic rings. The van der Waals surface area contributed by atoms with E-state index in [0.717, 1.165) is 45.1 Å². The van der Waals surface area contributed by atoms with Crippen LogP contribution in [-0.2, 0) is 4.79 Å². The van der Waals surface area contributed by atoms with Crippen molar-refractivity contribution in [2.75, 3.05) is 5.75 Å². The van der Waals surface area contributed by atoms with Crippen molar-refractivity contribution in [1.82, 2.24) is 20.2 Å². The first-order chi connectivity index (χ1) is 16.0. The lowest BCUT2D eigenvalue weighted by Gasteiger charge is -2.25. The fraction of sp³-hybridized carbons (Fsp3) is 0.360. The topological polar surface area (TPSA) is 72.2 Å². The predicted molar refractivity (Wildman–Crippen MR) is 138 cm³/mol. The lowest BCUT2D eigenvalue weighted by Crippen LogP contribution is -2.22. The second-order valence-corrected chi connectivity index (χ2v) is 10.2. The molecule has 0 atom stereocenters. The van der Waals surface area contributed by atoms with E-state index in [9.17, 15) is 4.79 Å². The van der Waals surface area contributed by atoms with Crippen molar-refractivity contribution in [3.05, 3.63) is 64.1 Å². The molecule has 172 valence electrons. The van der Waals surface area contributed by atoms with Crippen molar-refractivity contribution < 1.29 is 4.79 Å². The molecule has 1 heterocycles. The number of hydrazone groups is 1. The van der Waals surface area contributed by atoms with Crippen molar-refractivity contribution in [2.45, 2.75) is 57.1 Å². The Labute approximate surface area is 207 Å². The lowest BCUT2D eigenvalue weighted by atomic mass is 9.95. The summed E-state index contributed by atoms with van der Waals surface area (Å²) in [7, 11) is 0. The number of halogens is 1. The number of hydrogen-bond donors (Lipinski definition) is 1. The van der Waals surface area contributed by atoms with Gasteiger partial charge < -0.3 is 0 Å². The molecule has 1 fully saturated rings. The van der Waals surface area contributed by atoms with Gasteiger partial charge in [0, 0.05) is 16.1 Å². The molecule has 6 nitrogen and oxygen atoms in total. The molecule has 1 saturated carbocycles. The Morgan fingerprint density at radius 3 is 2.64 bits per heavy atom. The smallest absolute Gasteiger partial charge is 0.250 e. The van der Waals surface area contributed by atoms with Crippen LogP contribution in [0.4, 0.5) is 0 Å². The van der Waals surface area contributed by atoms with E-state index in [4.69, 9.17) is 0 Å². The zero-order chi connectivity index (χ0) is 23.2. The van der Waals surface area contributed by atoms with Gasteiger partial charge in [-0.25, -0.2) is 5.43 Å². The molecule has 2 aromatic carbocycles. The quantitative estimate of drug-likeness (QED) is 0.228. The van der Waals surface area contributed by atoms with E-state index in [1.54, 1.807) is 0 Å². The number of nitrogens with one attached hydrogen (secondary N) is 1. The number of thioether (sulfide) groups is 1. The van der Waals surface area contributed by atoms with Gasteiger partial charge in [0.2, 0.25) is 0 Å². The highest BCUT2D eigenvalue weighted by Gasteiger charge is 2.24. The zero-order valence-electron chi connectivity index (χ0n) is 18.9. The molecule has 0 aliphatic heterocycles. The van der Waals surface area contributed by atoms with Crippen LogP contribution in [0.25, 0.3) is 11.4 Å². The number of rotatable bonds is 7. The summed E-state index contributed by atoms with van der Waals surface area (Å²) in [5.41, 5.74) is 6.65. The summed E-state index contributed by atoms with van der Waals surface area (Å²) < 4.78 is 3.22. The van der Waals surface area contributed by atoms with Crippen LogP contribution in [0.5, 0.6) is 0 Å². The van der Waals surface area contributed by atoms with Crippen LogP contribution in [0.3, 0.4) is 0 Å². The monoisotopic (exact) mass is 525 g/mol. The largest absolute Gasteiger partial charge is 0.299 e. The third-order valence-electron chi connectivity index (χ3n) is 5.84. The molecule has 0 saturated heterocycles. The average molecular weight is 527 g/mol. The van der Waals surface area contributed by atoms with Crippen LogP contribution in [0.15, 0.2) is 63.3 Å². The molecule has 1 aliphatic carbocycles. The van der Waals surface area contributed by atoms with E-state index in [2.05, 4.69) is 72.4 Å². The molecule has 1 N–H and O–H groups in total. The first-order valence-corrected chi connectivity index (χ1v) is 13.0. The summed E-state index contributed by atoms with van der Waals surface area (Å²) in [6.07, 6.45) is 5.94. The van der Waals surface area contributed by atoms with Crippen LogP contribution < -0.4 is 5.43 Å². The van der Waals surface area contributed by atoms with Gasteiger partial charge in [0.15, 0.2) is 11.0 Å². The minimum atomic E-state index is -0.163. The minimum Gasteiger partial charge on any atom is -0.299 e. The molecule has 0 unspecified atom stereocenters. The fourth-order valence-electron chi connectivity index (χ4n) is 4.03. The maximum Gasteiger partial charge on any atom is 0.250 e. The first-order valence-electron chi connectivity index (χ1n) is 11.2. The minimum absolute atomic E-state index is 0.163. The maximum absolute atomic E-state index is 12.5. The van der Waals surface area contributed by atoms with Crippen LogP contribution >= 0.6 is 27.7 Å². The number of aryl methyl sites for hydroxylation is 1. The van der Waals surface area contributed by atoms with Gasteiger partial charge in [0.25, 0.3) is 5.91 Å². The summed E-state index contributed by atoms with van der Waals surface area (Å²) in [4.78, 5) is 12.5. The van der Waals surface area contributed by atoms with Crippen molar-refractivity contribution in [3.8, 4) is 11.4 Å². The van der Waals surface area contributed by atoms with Gasteiger partial charge >= 0.3 is 0 Å². The molecular formula is C25H28BrN5OS. The van der Waals surface area contributed by atoms with Gasteiger partial charge in [0.1, 0.15) is 0 Å². The molecule has 0 bridgehead atoms. The SMILES string of the molecule is C/C(=N\NC(=O)CSc1nnc(-c2ccc(C)cc2)n1C1CCCCC1)c1cccc(Br)c1. The second kappa shape index (κ2) is 11.1. The highest BCUT2D eigenvalue weighted by Crippen LogP contribution is 2.35. The van der Waals surface area contributed by atoms with E-state index in [1.807, 2.05) is 31.2 Å². The third-order valence-corrected chi connectivity index (χ3v) is 7.27. The zero-order valence-corrected chi connectivity index (χ0v) is 21.3. The number of carbonyl (C=O) groups excluding carboxylic acids is 1. The number of nitrogens with zero attached hydrogens (tertiary/aromatic N) is 4. The average Bonchev–Trinajstić information content (AvgIpc) is 3.26. The summed E-state index contributed by atoms with van der Waals surface area (Å²) in [6, 6.07) is 16.6. The molecule has 33 heavy (non-hydrogen) atoms. The van der Waals surface area contributed by atoms with E-state index in [-0.39, 0.29) is 11.7 Å². The van der Waals surface area contributed by atoms with Crippen LogP contribution in [0, 0.1) is 6.92 Å². The van der Waals surface area contributed by atoms with E-state index < -0.39 is 0 Å². The predicted octanol–water partition coefficient (Wildman–Crippen LogP) is 6.15. The molecular weight excluding hydrogens is 498 g/mol. The Morgan fingerprint density at radius 1 is 1.15 bits per heavy atom. The highest BCUT2D eigenvalue weighted by atomic mass is 79.9. The highest BCUT2D eigenvalue weighted by molar-refractivity contribution is 9.10. The molecule has 1 amide bonds. The van der Waals surface area contributed by atoms with Crippen LogP contribution in [0.2, 0.25) is 0 Å². The Balaban J connectivity index is 1.47. The molecule has 3 aromatic rings. The molecule has 0 spiro atoms. The Morgan fingerprint density at radius 2 is 1.91 bits per heavy atom. The van der Waals surface area contributed by atoms with E-state index in [1.165, 1.54) is 36.6 Å². The normalized spacial score (nSPS) is 14.9. The van der Waals surface area contributed by atoms with Crippen LogP contribution in [0.1, 0.15) is 56.2 Å². The second-order valence-electron chi connectivity index (χ2n) is 8.37. The number of hydrogen-bond acceptors (Lipinski definition) is 5. The van der Waals surface area contributed by atoms with Crippen molar-refractivity contribution in [1.29, 1.82) is 0 Å². The van der Waals surface area contributed by atoms with Crippen molar-refractivity contribution >= 4 is 39.3 Å². The number of aromatic nitrogens is 3. The first kappa shape index (κ1) is 23.7. The Hall–Kier alpha value is -2.45. The Kier molecular flexibility index (Phi) is 7.98. The summed E-state index contributed by atoms with van der Waals surface area (Å²) >= 11 is 4.88. The van der Waals surface area contributed by atoms with Gasteiger partial charge in [-0.3, -0.25) is 9.36 Å². The molecule has 1 aromatic heterocycles. The van der Waals surface area contributed by atoms with Gasteiger partial charge in [0.05, 0.1) is 11.5 Å². The maximum atomic E-state index is 12.5. The molecule has 0 radical (unpaired) electrons. The molecule has 4 rings (SSSR count). The summed E-state index contributed by atoms with van der Waals surface area (Å²) in [5, 5.41) is 14.0. The lowest BCUT2D eigenvalue weighted by molar-refractivity contribution is -0.118. The standard InChI is InChI=1S/C25H28BrN5OS/c1-17-11-13-19(14-12-17)24-29-30-25(31(24)22-9-4-3-5-10-22)33-16-23(32)28-27-18(2)20-7-6-8-21(26)15-20/h6-8,11-15,22H,3-5,9-10,16H2,1-2H3,(H,28,32)/b27-18+. The van der Waals surface area contributed by atoms with Crippen LogP contribution in [-0.4, -0.2) is 32.1 Å². The molecule has 8 heteroatoms. The summed E-state index contributed by atoms with van der Waals surface area (Å²) in [5.74, 6) is 0.950. The van der Waals surface area contributed by atoms with E-state index >= 15 is 0 Å². The van der Waals surface area contributed by atoms with Gasteiger partial charge in [-0.05, 0) is 44.4 Å².